The van der Waals surface area contributed by atoms with Crippen LogP contribution in [0.1, 0.15) is 23.4 Å². The largest absolute Gasteiger partial charge is 0.496 e. The van der Waals surface area contributed by atoms with E-state index in [1.165, 1.54) is 4.88 Å². The summed E-state index contributed by atoms with van der Waals surface area (Å²) in [6.45, 7) is 3.12. The van der Waals surface area contributed by atoms with Crippen LogP contribution in [0.4, 0.5) is 0 Å². The Hall–Kier alpha value is -1.85. The van der Waals surface area contributed by atoms with Crippen molar-refractivity contribution in [2.75, 3.05) is 27.2 Å². The molecule has 0 bridgehead atoms. The molecule has 23 heavy (non-hydrogen) atoms. The number of amides is 1. The van der Waals surface area contributed by atoms with E-state index in [1.807, 2.05) is 37.4 Å². The van der Waals surface area contributed by atoms with Gasteiger partial charge in [0.2, 0.25) is 5.91 Å². The van der Waals surface area contributed by atoms with E-state index in [4.69, 9.17) is 4.74 Å². The molecule has 0 saturated heterocycles. The summed E-state index contributed by atoms with van der Waals surface area (Å²) in [5.74, 6) is 0.913. The number of para-hydroxylation sites is 1. The normalized spacial score (nSPS) is 12.2. The Morgan fingerprint density at radius 1 is 1.30 bits per heavy atom. The fourth-order valence-corrected chi connectivity index (χ4v) is 3.26. The van der Waals surface area contributed by atoms with E-state index in [0.717, 1.165) is 17.7 Å². The van der Waals surface area contributed by atoms with Gasteiger partial charge in [0.15, 0.2) is 0 Å². The van der Waals surface area contributed by atoms with Gasteiger partial charge >= 0.3 is 0 Å². The van der Waals surface area contributed by atoms with E-state index in [2.05, 4.69) is 28.6 Å². The van der Waals surface area contributed by atoms with Gasteiger partial charge in [0.05, 0.1) is 13.7 Å². The van der Waals surface area contributed by atoms with E-state index >= 15 is 0 Å². The summed E-state index contributed by atoms with van der Waals surface area (Å²) in [6, 6.07) is 12.3. The summed E-state index contributed by atoms with van der Waals surface area (Å²) in [6.07, 6.45) is 0.764. The molecule has 1 aromatic heterocycles. The molecule has 1 aromatic carbocycles. The molecule has 0 aliphatic carbocycles. The molecule has 124 valence electrons. The monoisotopic (exact) mass is 332 g/mol. The van der Waals surface area contributed by atoms with Crippen molar-refractivity contribution >= 4 is 17.2 Å². The third kappa shape index (κ3) is 5.08. The van der Waals surface area contributed by atoms with Crippen LogP contribution in [0.3, 0.4) is 0 Å². The topological polar surface area (TPSA) is 41.6 Å². The fourth-order valence-electron chi connectivity index (χ4n) is 2.41. The van der Waals surface area contributed by atoms with Gasteiger partial charge in [0, 0.05) is 17.5 Å². The number of methoxy groups -OCH3 is 1. The smallest absolute Gasteiger partial charge is 0.234 e. The average molecular weight is 332 g/mol. The van der Waals surface area contributed by atoms with Crippen molar-refractivity contribution in [3.8, 4) is 5.75 Å². The zero-order valence-electron chi connectivity index (χ0n) is 13.9. The third-order valence-electron chi connectivity index (χ3n) is 3.92. The minimum atomic E-state index is 0.0470. The van der Waals surface area contributed by atoms with Crippen molar-refractivity contribution < 1.29 is 9.53 Å². The lowest BCUT2D eigenvalue weighted by Gasteiger charge is -2.23. The molecular weight excluding hydrogens is 308 g/mol. The molecule has 4 nitrogen and oxygen atoms in total. The predicted molar refractivity (Wildman–Crippen MR) is 95.1 cm³/mol. The van der Waals surface area contributed by atoms with Crippen LogP contribution >= 0.6 is 11.3 Å². The Morgan fingerprint density at radius 3 is 2.78 bits per heavy atom. The summed E-state index contributed by atoms with van der Waals surface area (Å²) in [7, 11) is 3.64. The number of nitrogens with one attached hydrogen (secondary N) is 1. The van der Waals surface area contributed by atoms with Gasteiger partial charge in [0.1, 0.15) is 5.75 Å². The van der Waals surface area contributed by atoms with E-state index in [9.17, 15) is 4.79 Å². The fraction of sp³-hybridized carbons (Fsp3) is 0.389. The Labute approximate surface area is 142 Å². The quantitative estimate of drug-likeness (QED) is 0.807. The van der Waals surface area contributed by atoms with Gasteiger partial charge < -0.3 is 10.1 Å². The van der Waals surface area contributed by atoms with Crippen LogP contribution in [0.2, 0.25) is 0 Å². The first kappa shape index (κ1) is 17.5. The van der Waals surface area contributed by atoms with Crippen LogP contribution in [0.5, 0.6) is 5.75 Å². The molecule has 1 N–H and O–H groups in total. The van der Waals surface area contributed by atoms with Crippen LogP contribution in [0, 0.1) is 0 Å². The first-order chi connectivity index (χ1) is 11.1. The van der Waals surface area contributed by atoms with Crippen molar-refractivity contribution in [3.63, 3.8) is 0 Å². The highest BCUT2D eigenvalue weighted by Crippen LogP contribution is 2.22. The highest BCUT2D eigenvalue weighted by atomic mass is 32.1. The van der Waals surface area contributed by atoms with Gasteiger partial charge in [-0.05, 0) is 43.5 Å². The first-order valence-corrected chi connectivity index (χ1v) is 8.62. The lowest BCUT2D eigenvalue weighted by molar-refractivity contribution is -0.122. The van der Waals surface area contributed by atoms with Gasteiger partial charge in [-0.3, -0.25) is 9.69 Å². The summed E-state index contributed by atoms with van der Waals surface area (Å²) in [5, 5.41) is 5.04. The average Bonchev–Trinajstić information content (AvgIpc) is 3.09. The van der Waals surface area contributed by atoms with Gasteiger partial charge in [0.25, 0.3) is 0 Å². The van der Waals surface area contributed by atoms with Crippen LogP contribution < -0.4 is 10.1 Å². The van der Waals surface area contributed by atoms with Crippen molar-refractivity contribution in [3.05, 3.63) is 52.2 Å². The third-order valence-corrected chi connectivity index (χ3v) is 4.96. The molecule has 1 heterocycles. The maximum atomic E-state index is 12.1. The molecule has 0 radical (unpaired) electrons. The minimum Gasteiger partial charge on any atom is -0.496 e. The summed E-state index contributed by atoms with van der Waals surface area (Å²) in [4.78, 5) is 15.4. The van der Waals surface area contributed by atoms with Crippen molar-refractivity contribution in [2.45, 2.75) is 19.4 Å². The van der Waals surface area contributed by atoms with Crippen molar-refractivity contribution in [2.24, 2.45) is 0 Å². The second-order valence-electron chi connectivity index (χ2n) is 5.52. The number of thiophene rings is 1. The summed E-state index contributed by atoms with van der Waals surface area (Å²) < 4.78 is 5.32. The van der Waals surface area contributed by atoms with Gasteiger partial charge in [-0.25, -0.2) is 0 Å². The lowest BCUT2D eigenvalue weighted by atomic mass is 10.1. The molecule has 1 amide bonds. The number of benzene rings is 1. The Bertz CT molecular complexity index is 613. The number of hydrogen-bond donors (Lipinski definition) is 1. The maximum Gasteiger partial charge on any atom is 0.234 e. The number of carbonyl (C=O) groups is 1. The number of likely N-dealkylation sites (N-methyl/N-ethyl adjacent to an activating group) is 1. The summed E-state index contributed by atoms with van der Waals surface area (Å²) >= 11 is 1.72. The molecule has 1 unspecified atom stereocenters. The summed E-state index contributed by atoms with van der Waals surface area (Å²) in [5.41, 5.74) is 1.11. The number of nitrogens with zero attached hydrogens (tertiary/aromatic N) is 1. The van der Waals surface area contributed by atoms with Crippen LogP contribution in [-0.4, -0.2) is 38.1 Å². The Morgan fingerprint density at radius 2 is 2.09 bits per heavy atom. The van der Waals surface area contributed by atoms with Gasteiger partial charge in [-0.15, -0.1) is 11.3 Å². The molecule has 2 aromatic rings. The maximum absolute atomic E-state index is 12.1. The highest BCUT2D eigenvalue weighted by molar-refractivity contribution is 7.10. The van der Waals surface area contributed by atoms with Gasteiger partial charge in [-0.1, -0.05) is 24.3 Å². The molecular formula is C18H24N2O2S. The van der Waals surface area contributed by atoms with E-state index < -0.39 is 0 Å². The predicted octanol–water partition coefficient (Wildman–Crippen LogP) is 3.11. The zero-order valence-corrected chi connectivity index (χ0v) is 14.7. The molecule has 0 aliphatic rings. The van der Waals surface area contributed by atoms with Crippen molar-refractivity contribution in [1.29, 1.82) is 0 Å². The number of rotatable bonds is 8. The molecule has 0 fully saturated rings. The lowest BCUT2D eigenvalue weighted by Crippen LogP contribution is -2.37. The molecule has 0 spiro atoms. The number of ether oxygens (including phenoxy) is 1. The number of carbonyl (C=O) groups excluding carboxylic acids is 1. The molecule has 5 heteroatoms. The molecule has 0 saturated carbocycles. The van der Waals surface area contributed by atoms with E-state index in [-0.39, 0.29) is 11.9 Å². The van der Waals surface area contributed by atoms with Crippen LogP contribution in [-0.2, 0) is 11.2 Å². The number of hydrogen-bond acceptors (Lipinski definition) is 4. The van der Waals surface area contributed by atoms with Crippen LogP contribution in [0.15, 0.2) is 41.8 Å². The Balaban J connectivity index is 1.77. The van der Waals surface area contributed by atoms with Crippen molar-refractivity contribution in [1.82, 2.24) is 10.2 Å². The minimum absolute atomic E-state index is 0.0470. The highest BCUT2D eigenvalue weighted by Gasteiger charge is 2.15. The first-order valence-electron chi connectivity index (χ1n) is 7.74. The van der Waals surface area contributed by atoms with E-state index in [1.54, 1.807) is 18.4 Å². The second kappa shape index (κ2) is 8.70. The van der Waals surface area contributed by atoms with Gasteiger partial charge in [-0.2, -0.15) is 0 Å². The Kier molecular flexibility index (Phi) is 6.62. The molecule has 1 atom stereocenters. The molecule has 0 aliphatic heterocycles. The zero-order chi connectivity index (χ0) is 16.7. The SMILES string of the molecule is COc1ccccc1CCNC(=O)CN(C)C(C)c1cccs1. The second-order valence-corrected chi connectivity index (χ2v) is 6.50. The molecule has 2 rings (SSSR count). The standard InChI is InChI=1S/C18H24N2O2S/c1-14(17-9-6-12-23-17)20(2)13-18(21)19-11-10-15-7-4-5-8-16(15)22-3/h4-9,12,14H,10-11,13H2,1-3H3,(H,19,21). The van der Waals surface area contributed by atoms with E-state index in [0.29, 0.717) is 13.1 Å². The van der Waals surface area contributed by atoms with Crippen LogP contribution in [0.25, 0.3) is 0 Å².